The van der Waals surface area contributed by atoms with E-state index in [1.165, 1.54) is 12.1 Å². The summed E-state index contributed by atoms with van der Waals surface area (Å²) >= 11 is 5.64. The van der Waals surface area contributed by atoms with Crippen LogP contribution in [0.3, 0.4) is 0 Å². The largest absolute Gasteiger partial charge is 0.508 e. The maximum Gasteiger partial charge on any atom is 0.310 e. The van der Waals surface area contributed by atoms with Gasteiger partial charge in [0.15, 0.2) is 0 Å². The molecule has 0 spiro atoms. The average molecular weight is 254 g/mol. The summed E-state index contributed by atoms with van der Waals surface area (Å²) in [5.41, 5.74) is 1.27. The average Bonchev–Trinajstić information content (AvgIpc) is 2.31. The van der Waals surface area contributed by atoms with Crippen LogP contribution < -0.4 is 0 Å². The Labute approximate surface area is 104 Å². The van der Waals surface area contributed by atoms with E-state index in [1.54, 1.807) is 6.92 Å². The van der Waals surface area contributed by atoms with Crippen molar-refractivity contribution in [1.82, 2.24) is 0 Å². The molecule has 0 bridgehead atoms. The molecule has 1 aromatic carbocycles. The number of rotatable bonds is 4. The minimum Gasteiger partial charge on any atom is -0.508 e. The highest BCUT2D eigenvalue weighted by molar-refractivity contribution is 6.17. The number of hydrogen-bond donors (Lipinski definition) is 1. The Morgan fingerprint density at radius 2 is 2.24 bits per heavy atom. The van der Waals surface area contributed by atoms with Crippen molar-refractivity contribution in [3.8, 4) is 11.8 Å². The molecular formula is C12H12ClNO3. The van der Waals surface area contributed by atoms with Crippen LogP contribution in [0.4, 0.5) is 0 Å². The van der Waals surface area contributed by atoms with Gasteiger partial charge in [-0.05, 0) is 24.6 Å². The molecule has 0 atom stereocenters. The number of nitriles is 1. The fraction of sp³-hybridized carbons (Fsp3) is 0.333. The van der Waals surface area contributed by atoms with E-state index in [-0.39, 0.29) is 24.7 Å². The van der Waals surface area contributed by atoms with Gasteiger partial charge in [-0.25, -0.2) is 0 Å². The van der Waals surface area contributed by atoms with Crippen molar-refractivity contribution < 1.29 is 14.6 Å². The maximum atomic E-state index is 11.3. The lowest BCUT2D eigenvalue weighted by molar-refractivity contribution is -0.142. The Morgan fingerprint density at radius 1 is 1.53 bits per heavy atom. The first kappa shape index (κ1) is 13.3. The third kappa shape index (κ3) is 3.36. The number of alkyl halides is 1. The number of phenols is 1. The number of carbonyl (C=O) groups is 1. The van der Waals surface area contributed by atoms with Gasteiger partial charge in [-0.2, -0.15) is 5.26 Å². The number of hydrogen-bond acceptors (Lipinski definition) is 4. The second kappa shape index (κ2) is 6.12. The van der Waals surface area contributed by atoms with Crippen molar-refractivity contribution in [3.05, 3.63) is 28.8 Å². The van der Waals surface area contributed by atoms with Gasteiger partial charge in [0.05, 0.1) is 24.7 Å². The molecule has 0 unspecified atom stereocenters. The lowest BCUT2D eigenvalue weighted by Gasteiger charge is -2.07. The fourth-order valence-corrected chi connectivity index (χ4v) is 1.62. The molecule has 0 aliphatic carbocycles. The van der Waals surface area contributed by atoms with Crippen LogP contribution in [0.1, 0.15) is 23.6 Å². The molecule has 1 N–H and O–H groups in total. The van der Waals surface area contributed by atoms with Gasteiger partial charge < -0.3 is 9.84 Å². The van der Waals surface area contributed by atoms with Crippen LogP contribution in [0.15, 0.2) is 12.1 Å². The van der Waals surface area contributed by atoms with E-state index in [0.717, 1.165) is 0 Å². The summed E-state index contributed by atoms with van der Waals surface area (Å²) in [6.45, 7) is 1.99. The summed E-state index contributed by atoms with van der Waals surface area (Å²) in [5, 5.41) is 18.6. The Hall–Kier alpha value is -1.73. The molecule has 0 fully saturated rings. The van der Waals surface area contributed by atoms with Crippen LogP contribution in [0.2, 0.25) is 0 Å². The van der Waals surface area contributed by atoms with E-state index in [4.69, 9.17) is 21.6 Å². The Balaban J connectivity index is 3.01. The van der Waals surface area contributed by atoms with E-state index in [2.05, 4.69) is 0 Å². The summed E-state index contributed by atoms with van der Waals surface area (Å²) in [6.07, 6.45) is -0.0586. The SMILES string of the molecule is CCOC(=O)Cc1cc(C#N)c(CCl)cc1O. The predicted molar refractivity (Wildman–Crippen MR) is 62.7 cm³/mol. The zero-order valence-corrected chi connectivity index (χ0v) is 10.1. The van der Waals surface area contributed by atoms with Gasteiger partial charge in [0.25, 0.3) is 0 Å². The molecule has 0 aliphatic rings. The van der Waals surface area contributed by atoms with Gasteiger partial charge in [0.1, 0.15) is 5.75 Å². The third-order valence-electron chi connectivity index (χ3n) is 2.21. The van der Waals surface area contributed by atoms with Crippen LogP contribution in [0, 0.1) is 11.3 Å². The van der Waals surface area contributed by atoms with E-state index >= 15 is 0 Å². The van der Waals surface area contributed by atoms with Gasteiger partial charge in [-0.1, -0.05) is 0 Å². The van der Waals surface area contributed by atoms with Crippen molar-refractivity contribution in [1.29, 1.82) is 5.26 Å². The molecule has 0 amide bonds. The summed E-state index contributed by atoms with van der Waals surface area (Å²) in [7, 11) is 0. The second-order valence-corrected chi connectivity index (χ2v) is 3.63. The van der Waals surface area contributed by atoms with E-state index < -0.39 is 5.97 Å². The number of esters is 1. The standard InChI is InChI=1S/C12H12ClNO3/c1-2-17-12(16)5-8-3-10(7-14)9(6-13)4-11(8)15/h3-4,15H,2,5-6H2,1H3. The molecule has 0 aliphatic heterocycles. The van der Waals surface area contributed by atoms with Gasteiger partial charge in [-0.15, -0.1) is 11.6 Å². The highest BCUT2D eigenvalue weighted by Gasteiger charge is 2.12. The Bertz CT molecular complexity index is 466. The van der Waals surface area contributed by atoms with Gasteiger partial charge in [-0.3, -0.25) is 4.79 Å². The van der Waals surface area contributed by atoms with Crippen LogP contribution in [0.5, 0.6) is 5.75 Å². The first-order valence-electron chi connectivity index (χ1n) is 5.08. The quantitative estimate of drug-likeness (QED) is 0.659. The van der Waals surface area contributed by atoms with Crippen molar-refractivity contribution in [3.63, 3.8) is 0 Å². The van der Waals surface area contributed by atoms with E-state index in [0.29, 0.717) is 16.7 Å². The number of halogens is 1. The molecule has 1 aromatic rings. The molecule has 4 nitrogen and oxygen atoms in total. The smallest absolute Gasteiger partial charge is 0.310 e. The number of benzene rings is 1. The highest BCUT2D eigenvalue weighted by Crippen LogP contribution is 2.24. The van der Waals surface area contributed by atoms with E-state index in [9.17, 15) is 9.90 Å². The summed E-state index contributed by atoms with van der Waals surface area (Å²) < 4.78 is 4.77. The highest BCUT2D eigenvalue weighted by atomic mass is 35.5. The van der Waals surface area contributed by atoms with Crippen LogP contribution in [0.25, 0.3) is 0 Å². The van der Waals surface area contributed by atoms with Gasteiger partial charge in [0.2, 0.25) is 0 Å². The molecule has 0 radical (unpaired) electrons. The lowest BCUT2D eigenvalue weighted by Crippen LogP contribution is -2.08. The van der Waals surface area contributed by atoms with Crippen LogP contribution in [-0.4, -0.2) is 17.7 Å². The maximum absolute atomic E-state index is 11.3. The van der Waals surface area contributed by atoms with Crippen molar-refractivity contribution in [2.24, 2.45) is 0 Å². The molecule has 0 aromatic heterocycles. The number of aromatic hydroxyl groups is 1. The van der Waals surface area contributed by atoms with Gasteiger partial charge in [0, 0.05) is 11.4 Å². The minimum absolute atomic E-state index is 0.0484. The van der Waals surface area contributed by atoms with Crippen LogP contribution >= 0.6 is 11.6 Å². The topological polar surface area (TPSA) is 70.3 Å². The summed E-state index contributed by atoms with van der Waals surface area (Å²) in [6, 6.07) is 4.84. The number of phenolic OH excluding ortho intramolecular Hbond substituents is 1. The molecule has 90 valence electrons. The molecule has 0 saturated heterocycles. The molecule has 0 heterocycles. The number of nitrogens with zero attached hydrogens (tertiary/aromatic N) is 1. The molecule has 17 heavy (non-hydrogen) atoms. The van der Waals surface area contributed by atoms with Crippen molar-refractivity contribution in [2.75, 3.05) is 6.61 Å². The third-order valence-corrected chi connectivity index (χ3v) is 2.50. The Morgan fingerprint density at radius 3 is 2.76 bits per heavy atom. The number of ether oxygens (including phenoxy) is 1. The summed E-state index contributed by atoms with van der Waals surface area (Å²) in [4.78, 5) is 11.3. The van der Waals surface area contributed by atoms with Crippen molar-refractivity contribution in [2.45, 2.75) is 19.2 Å². The molecule has 1 rings (SSSR count). The second-order valence-electron chi connectivity index (χ2n) is 3.37. The predicted octanol–water partition coefficient (Wildman–Crippen LogP) is 2.11. The normalized spacial score (nSPS) is 9.71. The van der Waals surface area contributed by atoms with Crippen molar-refractivity contribution >= 4 is 17.6 Å². The van der Waals surface area contributed by atoms with Crippen LogP contribution in [-0.2, 0) is 21.8 Å². The molecule has 0 saturated carbocycles. The molecular weight excluding hydrogens is 242 g/mol. The zero-order valence-electron chi connectivity index (χ0n) is 9.36. The first-order chi connectivity index (χ1) is 8.12. The minimum atomic E-state index is -0.440. The molecule has 5 heteroatoms. The monoisotopic (exact) mass is 253 g/mol. The lowest BCUT2D eigenvalue weighted by atomic mass is 10.0. The Kier molecular flexibility index (Phi) is 4.80. The van der Waals surface area contributed by atoms with E-state index in [1.807, 2.05) is 6.07 Å². The first-order valence-corrected chi connectivity index (χ1v) is 5.62. The zero-order chi connectivity index (χ0) is 12.8. The fourth-order valence-electron chi connectivity index (χ4n) is 1.40. The number of carbonyl (C=O) groups excluding carboxylic acids is 1. The summed E-state index contributed by atoms with van der Waals surface area (Å²) in [5.74, 6) is -0.353. The van der Waals surface area contributed by atoms with Gasteiger partial charge >= 0.3 is 5.97 Å².